The molecular formula is C15H16N4O2. The monoisotopic (exact) mass is 284 g/mol. The number of aromatic nitrogens is 2. The highest BCUT2D eigenvalue weighted by Crippen LogP contribution is 2.23. The molecule has 2 heterocycles. The van der Waals surface area contributed by atoms with Gasteiger partial charge in [-0.15, -0.1) is 0 Å². The number of nitrogens with zero attached hydrogens (tertiary/aromatic N) is 2. The summed E-state index contributed by atoms with van der Waals surface area (Å²) >= 11 is 0. The Morgan fingerprint density at radius 2 is 2.33 bits per heavy atom. The second-order valence-electron chi connectivity index (χ2n) is 5.02. The second-order valence-corrected chi connectivity index (χ2v) is 5.02. The summed E-state index contributed by atoms with van der Waals surface area (Å²) in [6.45, 7) is 4.08. The normalized spacial score (nSPS) is 17.9. The fourth-order valence-electron chi connectivity index (χ4n) is 2.71. The molecule has 0 aliphatic carbocycles. The van der Waals surface area contributed by atoms with Gasteiger partial charge in [0.05, 0.1) is 17.4 Å². The highest BCUT2D eigenvalue weighted by Gasteiger charge is 2.33. The molecule has 0 saturated carbocycles. The van der Waals surface area contributed by atoms with Crippen LogP contribution >= 0.6 is 0 Å². The number of para-hydroxylation sites is 1. The molecule has 1 saturated heterocycles. The van der Waals surface area contributed by atoms with E-state index in [0.717, 1.165) is 17.3 Å². The minimum atomic E-state index is -0.436. The summed E-state index contributed by atoms with van der Waals surface area (Å²) in [7, 11) is 0. The second kappa shape index (κ2) is 5.40. The molecule has 2 N–H and O–H groups in total. The Kier molecular flexibility index (Phi) is 3.43. The maximum atomic E-state index is 12.4. The van der Waals surface area contributed by atoms with Crippen LogP contribution in [0.3, 0.4) is 0 Å². The predicted molar refractivity (Wildman–Crippen MR) is 79.7 cm³/mol. The molecule has 1 atom stereocenters. The third-order valence-corrected chi connectivity index (χ3v) is 3.75. The standard InChI is InChI=1S/C15H16N4O2/c1-2-13(20)19-8-4-7-12(19)15(21)17-11-6-3-5-10-9-16-18-14(10)11/h2-3,5-6,9,12H,1,4,7-8H2,(H,16,18)(H,17,21). The number of anilines is 1. The van der Waals surface area contributed by atoms with E-state index in [9.17, 15) is 9.59 Å². The van der Waals surface area contributed by atoms with Crippen molar-refractivity contribution in [1.82, 2.24) is 15.1 Å². The van der Waals surface area contributed by atoms with Crippen LogP contribution in [0.25, 0.3) is 10.9 Å². The van der Waals surface area contributed by atoms with Crippen molar-refractivity contribution in [1.29, 1.82) is 0 Å². The van der Waals surface area contributed by atoms with Crippen LogP contribution < -0.4 is 5.32 Å². The lowest BCUT2D eigenvalue weighted by Gasteiger charge is -2.22. The van der Waals surface area contributed by atoms with Crippen molar-refractivity contribution in [3.63, 3.8) is 0 Å². The molecule has 0 bridgehead atoms. The Balaban J connectivity index is 1.81. The lowest BCUT2D eigenvalue weighted by molar-refractivity contribution is -0.132. The molecular weight excluding hydrogens is 268 g/mol. The molecule has 6 heteroatoms. The molecule has 1 unspecified atom stereocenters. The van der Waals surface area contributed by atoms with Crippen molar-refractivity contribution in [2.45, 2.75) is 18.9 Å². The maximum Gasteiger partial charge on any atom is 0.247 e. The van der Waals surface area contributed by atoms with E-state index in [1.165, 1.54) is 6.08 Å². The van der Waals surface area contributed by atoms with E-state index in [1.54, 1.807) is 11.1 Å². The smallest absolute Gasteiger partial charge is 0.247 e. The van der Waals surface area contributed by atoms with Crippen LogP contribution in [0.5, 0.6) is 0 Å². The Morgan fingerprint density at radius 3 is 3.14 bits per heavy atom. The Bertz CT molecular complexity index is 707. The van der Waals surface area contributed by atoms with Gasteiger partial charge >= 0.3 is 0 Å². The van der Waals surface area contributed by atoms with Crippen LogP contribution in [-0.4, -0.2) is 39.5 Å². The number of hydrogen-bond donors (Lipinski definition) is 2. The summed E-state index contributed by atoms with van der Waals surface area (Å²) in [5.74, 6) is -0.378. The summed E-state index contributed by atoms with van der Waals surface area (Å²) < 4.78 is 0. The third kappa shape index (κ3) is 2.40. The molecule has 21 heavy (non-hydrogen) atoms. The first-order chi connectivity index (χ1) is 10.2. The van der Waals surface area contributed by atoms with Crippen molar-refractivity contribution in [2.75, 3.05) is 11.9 Å². The van der Waals surface area contributed by atoms with Gasteiger partial charge < -0.3 is 10.2 Å². The van der Waals surface area contributed by atoms with Gasteiger partial charge in [-0.05, 0) is 25.0 Å². The first-order valence-corrected chi connectivity index (χ1v) is 6.86. The van der Waals surface area contributed by atoms with Crippen LogP contribution in [0.4, 0.5) is 5.69 Å². The van der Waals surface area contributed by atoms with Gasteiger partial charge in [0, 0.05) is 11.9 Å². The number of carbonyl (C=O) groups is 2. The lowest BCUT2D eigenvalue weighted by Crippen LogP contribution is -2.42. The highest BCUT2D eigenvalue weighted by molar-refractivity contribution is 6.04. The zero-order chi connectivity index (χ0) is 14.8. The SMILES string of the molecule is C=CC(=O)N1CCCC1C(=O)Nc1cccc2cn[nH]c12. The average molecular weight is 284 g/mol. The van der Waals surface area contributed by atoms with E-state index in [4.69, 9.17) is 0 Å². The lowest BCUT2D eigenvalue weighted by atomic mass is 10.2. The van der Waals surface area contributed by atoms with Crippen molar-refractivity contribution in [2.24, 2.45) is 0 Å². The van der Waals surface area contributed by atoms with Crippen LogP contribution in [0.15, 0.2) is 37.1 Å². The van der Waals surface area contributed by atoms with E-state index >= 15 is 0 Å². The minimum absolute atomic E-state index is 0.176. The largest absolute Gasteiger partial charge is 0.327 e. The molecule has 1 fully saturated rings. The van der Waals surface area contributed by atoms with Gasteiger partial charge in [0.15, 0.2) is 0 Å². The molecule has 2 aromatic rings. The van der Waals surface area contributed by atoms with Gasteiger partial charge in [0.25, 0.3) is 0 Å². The topological polar surface area (TPSA) is 78.1 Å². The molecule has 6 nitrogen and oxygen atoms in total. The molecule has 1 aliphatic rings. The number of benzene rings is 1. The minimum Gasteiger partial charge on any atom is -0.327 e. The summed E-state index contributed by atoms with van der Waals surface area (Å²) in [6.07, 6.45) is 4.45. The average Bonchev–Trinajstić information content (AvgIpc) is 3.15. The first kappa shape index (κ1) is 13.4. The molecule has 1 aromatic heterocycles. The van der Waals surface area contributed by atoms with E-state index in [-0.39, 0.29) is 11.8 Å². The van der Waals surface area contributed by atoms with Crippen LogP contribution in [0.1, 0.15) is 12.8 Å². The quantitative estimate of drug-likeness (QED) is 0.842. The summed E-state index contributed by atoms with van der Waals surface area (Å²) in [5.41, 5.74) is 1.46. The number of carbonyl (C=O) groups excluding carboxylic acids is 2. The number of H-pyrrole nitrogens is 1. The fraction of sp³-hybridized carbons (Fsp3) is 0.267. The molecule has 1 aliphatic heterocycles. The van der Waals surface area contributed by atoms with Crippen molar-refractivity contribution in [3.05, 3.63) is 37.1 Å². The fourth-order valence-corrected chi connectivity index (χ4v) is 2.71. The molecule has 0 radical (unpaired) electrons. The predicted octanol–water partition coefficient (Wildman–Crippen LogP) is 1.68. The van der Waals surface area contributed by atoms with Gasteiger partial charge in [-0.2, -0.15) is 5.10 Å². The number of likely N-dealkylation sites (tertiary alicyclic amines) is 1. The van der Waals surface area contributed by atoms with E-state index in [2.05, 4.69) is 22.1 Å². The third-order valence-electron chi connectivity index (χ3n) is 3.75. The molecule has 108 valence electrons. The van der Waals surface area contributed by atoms with E-state index in [1.807, 2.05) is 18.2 Å². The first-order valence-electron chi connectivity index (χ1n) is 6.86. The number of rotatable bonds is 3. The van der Waals surface area contributed by atoms with Crippen LogP contribution in [0.2, 0.25) is 0 Å². The molecule has 1 aromatic carbocycles. The highest BCUT2D eigenvalue weighted by atomic mass is 16.2. The molecule has 2 amide bonds. The van der Waals surface area contributed by atoms with Crippen molar-refractivity contribution in [3.8, 4) is 0 Å². The van der Waals surface area contributed by atoms with Gasteiger partial charge in [-0.25, -0.2) is 0 Å². The maximum absolute atomic E-state index is 12.4. The molecule has 3 rings (SSSR count). The number of nitrogens with one attached hydrogen (secondary N) is 2. The van der Waals surface area contributed by atoms with E-state index in [0.29, 0.717) is 18.7 Å². The van der Waals surface area contributed by atoms with E-state index < -0.39 is 6.04 Å². The number of amides is 2. The van der Waals surface area contributed by atoms with Crippen molar-refractivity contribution < 1.29 is 9.59 Å². The van der Waals surface area contributed by atoms with Crippen LogP contribution in [0, 0.1) is 0 Å². The molecule has 0 spiro atoms. The van der Waals surface area contributed by atoms with Gasteiger partial charge in [0.2, 0.25) is 11.8 Å². The van der Waals surface area contributed by atoms with Crippen molar-refractivity contribution >= 4 is 28.4 Å². The van der Waals surface area contributed by atoms with Gasteiger partial charge in [0.1, 0.15) is 6.04 Å². The number of hydrogen-bond acceptors (Lipinski definition) is 3. The summed E-state index contributed by atoms with van der Waals surface area (Å²) in [4.78, 5) is 25.8. The number of fused-ring (bicyclic) bond motifs is 1. The van der Waals surface area contributed by atoms with Gasteiger partial charge in [-0.1, -0.05) is 18.7 Å². The Labute approximate surface area is 121 Å². The van der Waals surface area contributed by atoms with Crippen LogP contribution in [-0.2, 0) is 9.59 Å². The summed E-state index contributed by atoms with van der Waals surface area (Å²) in [5, 5.41) is 10.6. The summed E-state index contributed by atoms with van der Waals surface area (Å²) in [6, 6.07) is 5.15. The van der Waals surface area contributed by atoms with Gasteiger partial charge in [-0.3, -0.25) is 14.7 Å². The zero-order valence-corrected chi connectivity index (χ0v) is 11.5. The number of aromatic amines is 1. The Morgan fingerprint density at radius 1 is 1.48 bits per heavy atom. The Hall–Kier alpha value is -2.63. The zero-order valence-electron chi connectivity index (χ0n) is 11.5.